The van der Waals surface area contributed by atoms with Gasteiger partial charge in [0, 0.05) is 0 Å². The van der Waals surface area contributed by atoms with E-state index in [2.05, 4.69) is 5.73 Å². The van der Waals surface area contributed by atoms with Gasteiger partial charge in [0.25, 0.3) is 0 Å². The normalized spacial score (nSPS) is 4.29. The van der Waals surface area contributed by atoms with E-state index in [1.54, 1.807) is 0 Å². The number of nitrogens with zero attached hydrogens (tertiary/aromatic N) is 1. The van der Waals surface area contributed by atoms with Crippen molar-refractivity contribution in [2.45, 2.75) is 0 Å². The molecule has 0 aliphatic rings. The number of rotatable bonds is 0. The molecule has 0 saturated heterocycles. The van der Waals surface area contributed by atoms with Crippen LogP contribution in [0.15, 0.2) is 0 Å². The average Bonchev–Trinajstić information content (AvgIpc) is 1.41. The molecule has 0 bridgehead atoms. The molecule has 0 aliphatic carbocycles. The van der Waals surface area contributed by atoms with Gasteiger partial charge < -0.3 is 21.1 Å². The minimum absolute atomic E-state index is 0. The summed E-state index contributed by atoms with van der Waals surface area (Å²) in [7, 11) is 1.50. The average molecular weight is 132 g/mol. The van der Waals surface area contributed by atoms with E-state index in [1.807, 2.05) is 0 Å². The summed E-state index contributed by atoms with van der Waals surface area (Å²) in [4.78, 5) is 8.25. The Kier molecular flexibility index (Phi) is 35.4. The third-order valence-corrected chi connectivity index (χ3v) is 0. The summed E-state index contributed by atoms with van der Waals surface area (Å²) in [5, 5.41) is 14.8. The van der Waals surface area contributed by atoms with Crippen LogP contribution in [0.2, 0.25) is 0 Å². The summed E-state index contributed by atoms with van der Waals surface area (Å²) in [6, 6.07) is 0. The van der Waals surface area contributed by atoms with Crippen molar-refractivity contribution in [2.75, 3.05) is 7.05 Å². The molecular formula is CH5KN2O3. The van der Waals surface area contributed by atoms with E-state index in [-0.39, 0.29) is 51.4 Å². The van der Waals surface area contributed by atoms with E-state index in [1.165, 1.54) is 7.05 Å². The molecule has 0 rings (SSSR count). The molecule has 0 heterocycles. The van der Waals surface area contributed by atoms with Crippen molar-refractivity contribution < 1.29 is 56.5 Å². The van der Waals surface area contributed by atoms with Gasteiger partial charge in [0.2, 0.25) is 0 Å². The molecule has 7 heavy (non-hydrogen) atoms. The van der Waals surface area contributed by atoms with Gasteiger partial charge in [-0.1, -0.05) is 0 Å². The van der Waals surface area contributed by atoms with Crippen LogP contribution < -0.4 is 57.1 Å². The fourth-order valence-electron chi connectivity index (χ4n) is 0. The maximum Gasteiger partial charge on any atom is 1.00 e. The third kappa shape index (κ3) is 247. The Morgan fingerprint density at radius 2 is 1.43 bits per heavy atom. The van der Waals surface area contributed by atoms with Crippen LogP contribution in [0.3, 0.4) is 0 Å². The Morgan fingerprint density at radius 1 is 1.43 bits per heavy atom. The molecule has 0 amide bonds. The second-order valence-electron chi connectivity index (χ2n) is 0.224. The van der Waals surface area contributed by atoms with Gasteiger partial charge in [-0.05, 0) is 7.05 Å². The molecule has 0 aliphatic heterocycles. The molecule has 0 aromatic rings. The molecule has 0 spiro atoms. The summed E-state index contributed by atoms with van der Waals surface area (Å²) in [6.45, 7) is 0. The van der Waals surface area contributed by atoms with E-state index in [0.717, 1.165) is 0 Å². The van der Waals surface area contributed by atoms with Gasteiger partial charge >= 0.3 is 51.4 Å². The molecule has 0 radical (unpaired) electrons. The van der Waals surface area contributed by atoms with Crippen LogP contribution in [0.25, 0.3) is 0 Å². The molecule has 38 valence electrons. The fraction of sp³-hybridized carbons (Fsp3) is 1.00. The Balaban J connectivity index is -0.0000000480. The largest absolute Gasteiger partial charge is 1.00 e. The predicted molar refractivity (Wildman–Crippen MR) is 20.5 cm³/mol. The van der Waals surface area contributed by atoms with Crippen LogP contribution in [0, 0.1) is 15.3 Å². The summed E-state index contributed by atoms with van der Waals surface area (Å²) in [5.41, 5.74) is 4.50. The van der Waals surface area contributed by atoms with Crippen LogP contribution >= 0.6 is 0 Å². The van der Waals surface area contributed by atoms with Crippen molar-refractivity contribution >= 4 is 0 Å². The first kappa shape index (κ1) is 15.7. The van der Waals surface area contributed by atoms with Gasteiger partial charge in [-0.2, -0.15) is 0 Å². The first-order chi connectivity index (χ1) is 2.73. The summed E-state index contributed by atoms with van der Waals surface area (Å²) >= 11 is 0. The van der Waals surface area contributed by atoms with Gasteiger partial charge in [0.1, 0.15) is 0 Å². The van der Waals surface area contributed by atoms with Crippen LogP contribution in [0.5, 0.6) is 0 Å². The molecule has 0 fully saturated rings. The molecule has 0 saturated carbocycles. The minimum Gasteiger partial charge on any atom is -0.356 e. The van der Waals surface area contributed by atoms with Crippen molar-refractivity contribution in [3.8, 4) is 0 Å². The maximum absolute atomic E-state index is 8.25. The van der Waals surface area contributed by atoms with Gasteiger partial charge in [-0.25, -0.2) is 0 Å². The zero-order valence-corrected chi connectivity index (χ0v) is 7.37. The van der Waals surface area contributed by atoms with E-state index in [0.29, 0.717) is 0 Å². The minimum atomic E-state index is -1.75. The van der Waals surface area contributed by atoms with Crippen LogP contribution in [-0.2, 0) is 0 Å². The zero-order chi connectivity index (χ0) is 5.58. The smallest absolute Gasteiger partial charge is 0.356 e. The Labute approximate surface area is 83.4 Å². The van der Waals surface area contributed by atoms with Crippen molar-refractivity contribution in [1.82, 2.24) is 0 Å². The van der Waals surface area contributed by atoms with Crippen molar-refractivity contribution in [2.24, 2.45) is 5.73 Å². The quantitative estimate of drug-likeness (QED) is 0.209. The van der Waals surface area contributed by atoms with Gasteiger partial charge in [0.15, 0.2) is 0 Å². The standard InChI is InChI=1S/CH5N.K.NO3/c1-2;;2-1(3)4/h2H2,1H3;;/q;+1;-1. The summed E-state index contributed by atoms with van der Waals surface area (Å²) < 4.78 is 0. The molecule has 0 atom stereocenters. The van der Waals surface area contributed by atoms with Crippen molar-refractivity contribution in [3.63, 3.8) is 0 Å². The maximum atomic E-state index is 8.25. The molecular weight excluding hydrogens is 127 g/mol. The molecule has 0 aromatic carbocycles. The molecule has 5 nitrogen and oxygen atoms in total. The van der Waals surface area contributed by atoms with Crippen LogP contribution in [-0.4, -0.2) is 12.1 Å². The third-order valence-electron chi connectivity index (χ3n) is 0. The predicted octanol–water partition coefficient (Wildman–Crippen LogP) is -3.66. The second-order valence-corrected chi connectivity index (χ2v) is 0.224. The second kappa shape index (κ2) is 15.8. The summed E-state index contributed by atoms with van der Waals surface area (Å²) in [6.07, 6.45) is 0. The monoisotopic (exact) mass is 132 g/mol. The van der Waals surface area contributed by atoms with E-state index >= 15 is 0 Å². The summed E-state index contributed by atoms with van der Waals surface area (Å²) in [5.74, 6) is 0. The van der Waals surface area contributed by atoms with Crippen molar-refractivity contribution in [1.29, 1.82) is 0 Å². The number of nitrogens with two attached hydrogens (primary N) is 1. The SMILES string of the molecule is CN.O=[N+]([O-])[O-].[K+]. The topological polar surface area (TPSA) is 92.2 Å². The Bertz CT molecular complexity index is 35.9. The Morgan fingerprint density at radius 3 is 1.43 bits per heavy atom. The van der Waals surface area contributed by atoms with Crippen molar-refractivity contribution in [3.05, 3.63) is 15.3 Å². The van der Waals surface area contributed by atoms with E-state index in [4.69, 9.17) is 15.3 Å². The van der Waals surface area contributed by atoms with Gasteiger partial charge in [-0.3, -0.25) is 0 Å². The molecule has 2 N–H and O–H groups in total. The fourth-order valence-corrected chi connectivity index (χ4v) is 0. The van der Waals surface area contributed by atoms with Crippen LogP contribution in [0.1, 0.15) is 0 Å². The van der Waals surface area contributed by atoms with Gasteiger partial charge in [0.05, 0.1) is 5.09 Å². The first-order valence-electron chi connectivity index (χ1n) is 1.13. The Hall–Kier alpha value is 0.796. The van der Waals surface area contributed by atoms with E-state index in [9.17, 15) is 0 Å². The molecule has 6 heteroatoms. The zero-order valence-electron chi connectivity index (χ0n) is 4.25. The molecule has 0 unspecified atom stereocenters. The number of hydrogen-bond donors (Lipinski definition) is 1. The van der Waals surface area contributed by atoms with Gasteiger partial charge in [-0.15, -0.1) is 0 Å². The van der Waals surface area contributed by atoms with Crippen LogP contribution in [0.4, 0.5) is 0 Å². The first-order valence-corrected chi connectivity index (χ1v) is 1.13. The molecule has 0 aromatic heterocycles. The number of hydrogen-bond acceptors (Lipinski definition) is 4. The van der Waals surface area contributed by atoms with E-state index < -0.39 is 5.09 Å².